The van der Waals surface area contributed by atoms with Gasteiger partial charge in [-0.25, -0.2) is 9.78 Å². The third kappa shape index (κ3) is 18.2. The topological polar surface area (TPSA) is 372 Å². The standard InChI is InChI=1S/C48H77N13O10/c1-9-27(5)37(43(67)56-34(23-30-24-52-25-54-30)44(68)61-21-12-11-15-35(61)41(65)60-38(45(69)70)28(6)10-2)59-40(64)33(22-29-16-18-31(62)19-17-29)55-42(66)36(26(3)4)58-39(63)32(14-13-20-53-47(49)50)57-46(71)48(7,8)51/h16-19,24-28,32-38,62H,9-15,20-23,51H2,1-8H3,(H,52,54)(H,55,66)(H,56,67)(H,57,71)(H,58,63)(H,59,64)(H,60,65)(H,69,70)(H4,49,50,53)/t27?,28?,32-,33-,34-,35-,36-,37-,38-/m0/s1. The molecule has 0 saturated carbocycles. The minimum absolute atomic E-state index is 0.0425. The van der Waals surface area contributed by atoms with E-state index in [1.54, 1.807) is 39.8 Å². The number of guanidine groups is 1. The number of piperidine rings is 1. The van der Waals surface area contributed by atoms with Crippen LogP contribution in [-0.2, 0) is 51.2 Å². The van der Waals surface area contributed by atoms with Crippen molar-refractivity contribution < 1.29 is 48.6 Å². The van der Waals surface area contributed by atoms with Gasteiger partial charge in [-0.3, -0.25) is 38.6 Å². The molecule has 1 aliphatic heterocycles. The Morgan fingerprint density at radius 1 is 0.789 bits per heavy atom. The average Bonchev–Trinajstić information content (AvgIpc) is 3.84. The van der Waals surface area contributed by atoms with E-state index in [1.807, 2.05) is 13.8 Å². The number of carbonyl (C=O) groups is 8. The van der Waals surface area contributed by atoms with E-state index in [-0.39, 0.29) is 56.9 Å². The smallest absolute Gasteiger partial charge is 0.326 e. The number of aromatic hydroxyl groups is 1. The van der Waals surface area contributed by atoms with E-state index >= 15 is 0 Å². The third-order valence-corrected chi connectivity index (χ3v) is 12.7. The Bertz CT molecular complexity index is 2140. The molecular weight excluding hydrogens is 919 g/mol. The number of aromatic nitrogens is 2. The van der Waals surface area contributed by atoms with Crippen LogP contribution in [-0.4, -0.2) is 139 Å². The lowest BCUT2D eigenvalue weighted by Gasteiger charge is -2.38. The molecule has 0 aliphatic carbocycles. The number of nitrogens with one attached hydrogen (secondary N) is 7. The summed E-state index contributed by atoms with van der Waals surface area (Å²) in [6.07, 6.45) is 5.34. The molecule has 2 unspecified atom stereocenters. The van der Waals surface area contributed by atoms with Gasteiger partial charge in [-0.15, -0.1) is 0 Å². The van der Waals surface area contributed by atoms with Gasteiger partial charge in [0.2, 0.25) is 41.4 Å². The first-order valence-corrected chi connectivity index (χ1v) is 24.3. The number of nitrogens with two attached hydrogens (primary N) is 3. The van der Waals surface area contributed by atoms with Crippen molar-refractivity contribution in [2.75, 3.05) is 13.1 Å². The fraction of sp³-hybridized carbons (Fsp3) is 0.625. The van der Waals surface area contributed by atoms with Crippen LogP contribution < -0.4 is 49.1 Å². The van der Waals surface area contributed by atoms with Crippen molar-refractivity contribution in [3.05, 3.63) is 48.0 Å². The Hall–Kier alpha value is -6.78. The van der Waals surface area contributed by atoms with Crippen LogP contribution in [0.1, 0.15) is 112 Å². The zero-order chi connectivity index (χ0) is 53.2. The van der Waals surface area contributed by atoms with Gasteiger partial charge < -0.3 is 69.2 Å². The quantitative estimate of drug-likeness (QED) is 0.0314. The first kappa shape index (κ1) is 58.5. The van der Waals surface area contributed by atoms with Gasteiger partial charge in [-0.2, -0.15) is 0 Å². The second-order valence-electron chi connectivity index (χ2n) is 19.3. The monoisotopic (exact) mass is 996 g/mol. The Balaban J connectivity index is 1.95. The van der Waals surface area contributed by atoms with Crippen molar-refractivity contribution in [1.29, 1.82) is 0 Å². The van der Waals surface area contributed by atoms with Gasteiger partial charge >= 0.3 is 5.97 Å². The van der Waals surface area contributed by atoms with E-state index in [0.717, 1.165) is 0 Å². The molecule has 0 radical (unpaired) electrons. The number of carboxylic acid groups (broad SMARTS) is 1. The molecule has 9 atom stereocenters. The third-order valence-electron chi connectivity index (χ3n) is 12.7. The number of aliphatic imine (C=N–C) groups is 1. The lowest BCUT2D eigenvalue weighted by Crippen LogP contribution is -2.63. The number of aromatic amines is 1. The lowest BCUT2D eigenvalue weighted by molar-refractivity contribution is -0.148. The highest BCUT2D eigenvalue weighted by atomic mass is 16.4. The van der Waals surface area contributed by atoms with E-state index < -0.39 is 113 Å². The molecule has 1 fully saturated rings. The Morgan fingerprint density at radius 3 is 1.94 bits per heavy atom. The molecule has 2 aromatic rings. The number of amides is 7. The summed E-state index contributed by atoms with van der Waals surface area (Å²) in [6.45, 7) is 13.7. The number of likely N-dealkylation sites (tertiary alicyclic amines) is 1. The van der Waals surface area contributed by atoms with Gasteiger partial charge in [0.15, 0.2) is 5.96 Å². The molecule has 3 rings (SSSR count). The summed E-state index contributed by atoms with van der Waals surface area (Å²) < 4.78 is 0. The van der Waals surface area contributed by atoms with Crippen molar-refractivity contribution in [2.45, 2.75) is 161 Å². The number of aliphatic carboxylic acids is 1. The second kappa shape index (κ2) is 27.6. The molecule has 7 amide bonds. The maximum absolute atomic E-state index is 14.6. The van der Waals surface area contributed by atoms with Crippen molar-refractivity contribution in [1.82, 2.24) is 46.8 Å². The van der Waals surface area contributed by atoms with Gasteiger partial charge in [0.25, 0.3) is 0 Å². The van der Waals surface area contributed by atoms with Crippen molar-refractivity contribution >= 4 is 53.3 Å². The van der Waals surface area contributed by atoms with Crippen LogP contribution in [0.3, 0.4) is 0 Å². The van der Waals surface area contributed by atoms with Crippen LogP contribution >= 0.6 is 0 Å². The summed E-state index contributed by atoms with van der Waals surface area (Å²) in [5, 5.41) is 36.3. The van der Waals surface area contributed by atoms with Crippen LogP contribution in [0.25, 0.3) is 0 Å². The largest absolute Gasteiger partial charge is 0.508 e. The predicted octanol–water partition coefficient (Wildman–Crippen LogP) is -0.186. The summed E-state index contributed by atoms with van der Waals surface area (Å²) in [6, 6.07) is -2.57. The van der Waals surface area contributed by atoms with Crippen LogP contribution in [0.5, 0.6) is 5.75 Å². The van der Waals surface area contributed by atoms with Crippen LogP contribution in [0, 0.1) is 17.8 Å². The van der Waals surface area contributed by atoms with Gasteiger partial charge in [-0.1, -0.05) is 66.5 Å². The number of nitrogens with zero attached hydrogens (tertiary/aromatic N) is 3. The average molecular weight is 996 g/mol. The molecular formula is C48H77N13O10. The summed E-state index contributed by atoms with van der Waals surface area (Å²) in [7, 11) is 0. The maximum Gasteiger partial charge on any atom is 0.326 e. The zero-order valence-corrected chi connectivity index (χ0v) is 42.2. The van der Waals surface area contributed by atoms with Gasteiger partial charge in [0.1, 0.15) is 48.0 Å². The van der Waals surface area contributed by atoms with Gasteiger partial charge in [-0.05, 0) is 81.4 Å². The van der Waals surface area contributed by atoms with Crippen molar-refractivity contribution in [2.24, 2.45) is 39.9 Å². The van der Waals surface area contributed by atoms with Crippen molar-refractivity contribution in [3.8, 4) is 5.75 Å². The maximum atomic E-state index is 14.6. The second-order valence-corrected chi connectivity index (χ2v) is 19.3. The Kier molecular flexibility index (Phi) is 22.7. The SMILES string of the molecule is CCC(C)[C@H](NC(=O)[C@@H]1CCCCN1C(=O)[C@H](Cc1cnc[nH]1)NC(=O)[C@@H](NC(=O)[C@H](Cc1ccc(O)cc1)NC(=O)[C@@H](NC(=O)[C@H](CCCN=C(N)N)NC(=O)C(C)(C)N)C(C)C)C(C)CC)C(=O)O. The minimum atomic E-state index is -1.36. The first-order chi connectivity index (χ1) is 33.4. The van der Waals surface area contributed by atoms with Crippen LogP contribution in [0.4, 0.5) is 0 Å². The molecule has 1 aromatic heterocycles. The molecule has 23 heteroatoms. The first-order valence-electron chi connectivity index (χ1n) is 24.3. The fourth-order valence-corrected chi connectivity index (χ4v) is 7.88. The zero-order valence-electron chi connectivity index (χ0n) is 42.2. The predicted molar refractivity (Wildman–Crippen MR) is 265 cm³/mol. The van der Waals surface area contributed by atoms with Crippen molar-refractivity contribution in [3.63, 3.8) is 0 Å². The normalized spacial score (nSPS) is 17.2. The number of carbonyl (C=O) groups excluding carboxylic acids is 7. The molecule has 0 spiro atoms. The molecule has 1 aromatic carbocycles. The van der Waals surface area contributed by atoms with E-state index in [9.17, 15) is 48.6 Å². The van der Waals surface area contributed by atoms with Gasteiger partial charge in [0.05, 0.1) is 11.9 Å². The molecule has 71 heavy (non-hydrogen) atoms. The number of imidazole rings is 1. The Labute approximate surface area is 415 Å². The molecule has 2 heterocycles. The Morgan fingerprint density at radius 2 is 1.38 bits per heavy atom. The summed E-state index contributed by atoms with van der Waals surface area (Å²) in [4.78, 5) is 123. The number of phenolic OH excluding ortho intramolecular Hbond substituents is 1. The van der Waals surface area contributed by atoms with Gasteiger partial charge in [0, 0.05) is 37.8 Å². The minimum Gasteiger partial charge on any atom is -0.508 e. The molecule has 1 saturated heterocycles. The molecule has 1 aliphatic rings. The highest BCUT2D eigenvalue weighted by molar-refractivity contribution is 5.98. The highest BCUT2D eigenvalue weighted by Gasteiger charge is 2.40. The fourth-order valence-electron chi connectivity index (χ4n) is 7.88. The molecule has 15 N–H and O–H groups in total. The molecule has 23 nitrogen and oxygen atoms in total. The number of hydrogen-bond donors (Lipinski definition) is 12. The van der Waals surface area contributed by atoms with E-state index in [4.69, 9.17) is 17.2 Å². The number of rotatable bonds is 27. The summed E-state index contributed by atoms with van der Waals surface area (Å²) in [5.41, 5.74) is 16.6. The van der Waals surface area contributed by atoms with E-state index in [2.05, 4.69) is 46.9 Å². The van der Waals surface area contributed by atoms with Crippen LogP contribution in [0.2, 0.25) is 0 Å². The van der Waals surface area contributed by atoms with E-state index in [0.29, 0.717) is 36.9 Å². The summed E-state index contributed by atoms with van der Waals surface area (Å²) >= 11 is 0. The number of H-pyrrole nitrogens is 1. The highest BCUT2D eigenvalue weighted by Crippen LogP contribution is 2.22. The van der Waals surface area contributed by atoms with E-state index in [1.165, 1.54) is 43.4 Å². The van der Waals surface area contributed by atoms with Crippen LogP contribution in [0.15, 0.2) is 41.8 Å². The number of hydrogen-bond acceptors (Lipinski definition) is 12. The number of carboxylic acids is 1. The summed E-state index contributed by atoms with van der Waals surface area (Å²) in [5.74, 6) is -7.69. The molecule has 394 valence electrons. The lowest BCUT2D eigenvalue weighted by atomic mass is 9.95. The molecule has 0 bridgehead atoms. The number of benzene rings is 1. The number of phenols is 1.